The minimum atomic E-state index is -1.02. The molecular formula is C38H58F2N2S. The molecule has 5 heteroatoms. The summed E-state index contributed by atoms with van der Waals surface area (Å²) in [4.78, 5) is 6.43. The first kappa shape index (κ1) is 36.8. The molecule has 1 saturated heterocycles. The molecule has 0 N–H and O–H groups in total. The zero-order valence-corrected chi connectivity index (χ0v) is 28.5. The van der Waals surface area contributed by atoms with Crippen molar-refractivity contribution in [1.29, 1.82) is 0 Å². The molecule has 1 aliphatic heterocycles. The molecule has 2 aliphatic rings. The lowest BCUT2D eigenvalue weighted by molar-refractivity contribution is 0.104. The van der Waals surface area contributed by atoms with Crippen molar-refractivity contribution < 1.29 is 8.78 Å². The second kappa shape index (κ2) is 17.8. The van der Waals surface area contributed by atoms with Crippen molar-refractivity contribution in [3.63, 3.8) is 0 Å². The van der Waals surface area contributed by atoms with E-state index in [4.69, 9.17) is 0 Å². The molecule has 1 aliphatic carbocycles. The Bertz CT molecular complexity index is 1230. The molecule has 2 aromatic carbocycles. The highest BCUT2D eigenvalue weighted by molar-refractivity contribution is 8.27. The molecule has 0 amide bonds. The Balaban J connectivity index is 0.000000415. The molecule has 2 aromatic rings. The Kier molecular flexibility index (Phi) is 15.2. The topological polar surface area (TPSA) is 6.48 Å². The fourth-order valence-electron chi connectivity index (χ4n) is 5.73. The van der Waals surface area contributed by atoms with Crippen LogP contribution in [-0.4, -0.2) is 60.0 Å². The molecule has 0 spiro atoms. The molecule has 240 valence electrons. The molecular weight excluding hydrogens is 554 g/mol. The predicted octanol–water partition coefficient (Wildman–Crippen LogP) is 10.0. The zero-order chi connectivity index (χ0) is 32.2. The molecule has 2 nitrogen and oxygen atoms in total. The molecule has 1 unspecified atom stereocenters. The van der Waals surface area contributed by atoms with Crippen LogP contribution >= 0.6 is 9.21 Å². The van der Waals surface area contributed by atoms with Crippen molar-refractivity contribution in [2.45, 2.75) is 89.5 Å². The molecule has 0 radical (unpaired) electrons. The number of allylic oxidation sites excluding steroid dienone is 1. The van der Waals surface area contributed by atoms with Crippen LogP contribution in [0.1, 0.15) is 82.8 Å². The first-order valence-electron chi connectivity index (χ1n) is 16.0. The third-order valence-corrected chi connectivity index (χ3v) is 10.1. The van der Waals surface area contributed by atoms with E-state index in [9.17, 15) is 8.78 Å². The number of piperazine rings is 1. The van der Waals surface area contributed by atoms with Gasteiger partial charge in [0.15, 0.2) is 0 Å². The van der Waals surface area contributed by atoms with Crippen molar-refractivity contribution >= 4 is 20.9 Å². The van der Waals surface area contributed by atoms with E-state index in [2.05, 4.69) is 92.6 Å². The third-order valence-electron chi connectivity index (χ3n) is 8.67. The van der Waals surface area contributed by atoms with Crippen LogP contribution in [0, 0.1) is 30.4 Å². The van der Waals surface area contributed by atoms with Gasteiger partial charge in [0.25, 0.3) is 0 Å². The zero-order valence-electron chi connectivity index (χ0n) is 27.7. The van der Waals surface area contributed by atoms with Crippen molar-refractivity contribution in [3.05, 3.63) is 90.7 Å². The molecule has 0 bridgehead atoms. The average molecular weight is 613 g/mol. The summed E-state index contributed by atoms with van der Waals surface area (Å²) < 4.78 is 27.0. The number of hydrogen-bond acceptors (Lipinski definition) is 2. The Hall–Kier alpha value is -2.37. The van der Waals surface area contributed by atoms with Gasteiger partial charge >= 0.3 is 0 Å². The number of hydrogen-bond donors (Lipinski definition) is 0. The van der Waals surface area contributed by atoms with Gasteiger partial charge in [-0.25, -0.2) is 8.78 Å². The van der Waals surface area contributed by atoms with Crippen LogP contribution in [0.5, 0.6) is 0 Å². The van der Waals surface area contributed by atoms with Gasteiger partial charge in [-0.15, -0.1) is 13.2 Å². The van der Waals surface area contributed by atoms with E-state index < -0.39 is 20.8 Å². The number of aryl methyl sites for hydroxylation is 1. The number of halogens is 2. The van der Waals surface area contributed by atoms with Crippen molar-refractivity contribution in [3.8, 4) is 0 Å². The molecule has 4 rings (SSSR count). The SMILES string of the molecule is C=C.C=C(CC[C@H](C)CCC[C@H](C)c1ccc(F)cc1F)N1CCN(CC2CC2)CC1C.C=S(=C)(C)c1ccc(C)cc1. The lowest BCUT2D eigenvalue weighted by Crippen LogP contribution is -2.51. The van der Waals surface area contributed by atoms with Gasteiger partial charge in [0.05, 0.1) is 0 Å². The van der Waals surface area contributed by atoms with Crippen molar-refractivity contribution in [2.24, 2.45) is 11.8 Å². The minimum absolute atomic E-state index is 0.126. The predicted molar refractivity (Wildman–Crippen MR) is 190 cm³/mol. The second-order valence-electron chi connectivity index (χ2n) is 13.0. The number of benzene rings is 2. The van der Waals surface area contributed by atoms with E-state index in [1.165, 1.54) is 54.7 Å². The van der Waals surface area contributed by atoms with E-state index >= 15 is 0 Å². The highest BCUT2D eigenvalue weighted by Gasteiger charge is 2.29. The van der Waals surface area contributed by atoms with E-state index in [1.807, 2.05) is 6.92 Å². The van der Waals surface area contributed by atoms with Gasteiger partial charge < -0.3 is 4.90 Å². The van der Waals surface area contributed by atoms with Gasteiger partial charge in [-0.3, -0.25) is 4.90 Å². The van der Waals surface area contributed by atoms with Crippen LogP contribution in [0.3, 0.4) is 0 Å². The summed E-state index contributed by atoms with van der Waals surface area (Å²) in [6.45, 7) is 23.9. The smallest absolute Gasteiger partial charge is 0.129 e. The first-order chi connectivity index (χ1) is 20.3. The Labute approximate surface area is 263 Å². The summed E-state index contributed by atoms with van der Waals surface area (Å²) in [5, 5.41) is 0. The van der Waals surface area contributed by atoms with Crippen LogP contribution in [0.15, 0.2) is 72.8 Å². The second-order valence-corrected chi connectivity index (χ2v) is 16.1. The quantitative estimate of drug-likeness (QED) is 0.174. The maximum Gasteiger partial charge on any atom is 0.129 e. The fraction of sp³-hybridized carbons (Fsp3) is 0.526. The average Bonchev–Trinajstić information content (AvgIpc) is 3.77. The molecule has 1 heterocycles. The van der Waals surface area contributed by atoms with Gasteiger partial charge in [0, 0.05) is 44.0 Å². The molecule has 0 aromatic heterocycles. The van der Waals surface area contributed by atoms with E-state index in [1.54, 1.807) is 6.07 Å². The third kappa shape index (κ3) is 13.0. The Morgan fingerprint density at radius 2 is 1.63 bits per heavy atom. The van der Waals surface area contributed by atoms with Crippen LogP contribution in [0.25, 0.3) is 0 Å². The summed E-state index contributed by atoms with van der Waals surface area (Å²) in [6, 6.07) is 13.0. The molecule has 3 atom stereocenters. The highest BCUT2D eigenvalue weighted by atomic mass is 32.2. The van der Waals surface area contributed by atoms with Crippen molar-refractivity contribution in [2.75, 3.05) is 32.4 Å². The lowest BCUT2D eigenvalue weighted by atomic mass is 9.91. The Morgan fingerprint density at radius 1 is 0.977 bits per heavy atom. The Morgan fingerprint density at radius 3 is 2.19 bits per heavy atom. The van der Waals surface area contributed by atoms with Crippen LogP contribution in [-0.2, 0) is 0 Å². The fourth-order valence-corrected chi connectivity index (χ4v) is 6.52. The molecule has 43 heavy (non-hydrogen) atoms. The summed E-state index contributed by atoms with van der Waals surface area (Å²) in [5.41, 5.74) is 3.21. The molecule has 2 fully saturated rings. The monoisotopic (exact) mass is 612 g/mol. The largest absolute Gasteiger partial charge is 0.370 e. The first-order valence-corrected chi connectivity index (χ1v) is 18.3. The van der Waals surface area contributed by atoms with E-state index in [0.29, 0.717) is 17.5 Å². The maximum atomic E-state index is 13.9. The number of nitrogens with zero attached hydrogens (tertiary/aromatic N) is 2. The lowest BCUT2D eigenvalue weighted by Gasteiger charge is -2.42. The maximum absolute atomic E-state index is 13.9. The van der Waals surface area contributed by atoms with E-state index in [-0.39, 0.29) is 5.92 Å². The van der Waals surface area contributed by atoms with Gasteiger partial charge in [-0.1, -0.05) is 68.8 Å². The van der Waals surface area contributed by atoms with Gasteiger partial charge in [0.2, 0.25) is 0 Å². The normalized spacial score (nSPS) is 18.5. The van der Waals surface area contributed by atoms with Crippen molar-refractivity contribution in [1.82, 2.24) is 9.80 Å². The van der Waals surface area contributed by atoms with Gasteiger partial charge in [-0.2, -0.15) is 9.21 Å². The summed E-state index contributed by atoms with van der Waals surface area (Å²) >= 11 is 0. The van der Waals surface area contributed by atoms with Crippen LogP contribution in [0.4, 0.5) is 8.78 Å². The van der Waals surface area contributed by atoms with E-state index in [0.717, 1.165) is 50.6 Å². The van der Waals surface area contributed by atoms with Gasteiger partial charge in [-0.05, 0) is 98.6 Å². The highest BCUT2D eigenvalue weighted by Crippen LogP contribution is 2.31. The number of rotatable bonds is 12. The van der Waals surface area contributed by atoms with Crippen LogP contribution < -0.4 is 0 Å². The van der Waals surface area contributed by atoms with Gasteiger partial charge in [0.1, 0.15) is 11.6 Å². The summed E-state index contributed by atoms with van der Waals surface area (Å²) in [7, 11) is -1.02. The van der Waals surface area contributed by atoms with Crippen LogP contribution in [0.2, 0.25) is 0 Å². The summed E-state index contributed by atoms with van der Waals surface area (Å²) in [5.74, 6) is 8.89. The minimum Gasteiger partial charge on any atom is -0.370 e. The summed E-state index contributed by atoms with van der Waals surface area (Å²) in [6.07, 6.45) is 10.3. The standard InChI is InChI=1S/C26H40F2N2.C10H14S.C2H4/c1-19(6-5-7-20(2)25-13-12-24(27)16-26(25)28)8-9-21(3)30-15-14-29(17-22(30)4)18-23-10-11-23;1-9-5-7-10(8-6-9)11(2,3)4;1-2/h12-13,16,19-20,22-23H,3,5-11,14-15,17-18H2,1-2,4H3;5-8H,2-3H2,1,4H3;1-2H2/t19-,20+,22?;;/m1../s1. The molecule has 1 saturated carbocycles.